The van der Waals surface area contributed by atoms with Gasteiger partial charge >= 0.3 is 0 Å². The molecule has 0 saturated carbocycles. The van der Waals surface area contributed by atoms with E-state index in [2.05, 4.69) is 0 Å². The van der Waals surface area contributed by atoms with Gasteiger partial charge in [0.15, 0.2) is 6.29 Å². The summed E-state index contributed by atoms with van der Waals surface area (Å²) >= 11 is 5.80. The van der Waals surface area contributed by atoms with Gasteiger partial charge in [-0.1, -0.05) is 23.2 Å². The van der Waals surface area contributed by atoms with Crippen molar-refractivity contribution in [1.82, 2.24) is 0 Å². The van der Waals surface area contributed by atoms with Crippen LogP contribution in [-0.2, 0) is 0 Å². The highest BCUT2D eigenvalue weighted by molar-refractivity contribution is 6.32. The lowest BCUT2D eigenvalue weighted by molar-refractivity contribution is -0.384. The Kier molecular flexibility index (Phi) is 4.00. The van der Waals surface area contributed by atoms with E-state index in [0.717, 1.165) is 5.56 Å². The molecule has 0 amide bonds. The molecule has 0 aliphatic heterocycles. The van der Waals surface area contributed by atoms with E-state index in [1.54, 1.807) is 18.2 Å². The number of halogens is 1. The van der Waals surface area contributed by atoms with Crippen molar-refractivity contribution < 1.29 is 14.5 Å². The van der Waals surface area contributed by atoms with Gasteiger partial charge in [0.2, 0.25) is 0 Å². The molecule has 6 heteroatoms. The molecule has 2 rings (SSSR count). The number of aldehydes is 1. The highest BCUT2D eigenvalue weighted by Crippen LogP contribution is 2.32. The SMILES string of the molecule is Cc1ccc(Oc2ccc([N+](=O)[O-])c(Cl)c2)c(C=O)c1. The van der Waals surface area contributed by atoms with Crippen molar-refractivity contribution in [1.29, 1.82) is 0 Å². The Labute approximate surface area is 119 Å². The average Bonchev–Trinajstić information content (AvgIpc) is 2.40. The summed E-state index contributed by atoms with van der Waals surface area (Å²) in [6.45, 7) is 1.86. The van der Waals surface area contributed by atoms with Crippen LogP contribution in [0.3, 0.4) is 0 Å². The minimum Gasteiger partial charge on any atom is -0.457 e. The predicted octanol–water partition coefficient (Wildman–Crippen LogP) is 4.16. The van der Waals surface area contributed by atoms with Crippen molar-refractivity contribution in [3.63, 3.8) is 0 Å². The standard InChI is InChI=1S/C14H10ClNO4/c1-9-2-5-14(10(6-9)8-17)20-11-3-4-13(16(18)19)12(15)7-11/h2-8H,1H3. The maximum Gasteiger partial charge on any atom is 0.288 e. The van der Waals surface area contributed by atoms with Gasteiger partial charge in [-0.15, -0.1) is 0 Å². The maximum absolute atomic E-state index is 11.0. The number of benzene rings is 2. The largest absolute Gasteiger partial charge is 0.457 e. The number of hydrogen-bond acceptors (Lipinski definition) is 4. The van der Waals surface area contributed by atoms with Crippen molar-refractivity contribution in [2.75, 3.05) is 0 Å². The zero-order chi connectivity index (χ0) is 14.7. The van der Waals surface area contributed by atoms with Crippen LogP contribution in [0.1, 0.15) is 15.9 Å². The summed E-state index contributed by atoms with van der Waals surface area (Å²) in [7, 11) is 0. The third-order valence-corrected chi connectivity index (χ3v) is 2.94. The van der Waals surface area contributed by atoms with Crippen LogP contribution in [0.25, 0.3) is 0 Å². The second-order valence-electron chi connectivity index (χ2n) is 4.13. The van der Waals surface area contributed by atoms with Gasteiger partial charge in [0.1, 0.15) is 16.5 Å². The molecule has 0 aliphatic carbocycles. The van der Waals surface area contributed by atoms with E-state index in [1.807, 2.05) is 6.92 Å². The number of aryl methyl sites for hydroxylation is 1. The number of nitro benzene ring substituents is 1. The number of carbonyl (C=O) groups is 1. The Hall–Kier alpha value is -2.40. The van der Waals surface area contributed by atoms with E-state index in [0.29, 0.717) is 23.3 Å². The lowest BCUT2D eigenvalue weighted by Crippen LogP contribution is -1.93. The van der Waals surface area contributed by atoms with Crippen LogP contribution in [0.4, 0.5) is 5.69 Å². The van der Waals surface area contributed by atoms with Crippen molar-refractivity contribution in [2.45, 2.75) is 6.92 Å². The Morgan fingerprint density at radius 1 is 1.25 bits per heavy atom. The Balaban J connectivity index is 2.33. The summed E-state index contributed by atoms with van der Waals surface area (Å²) in [5.74, 6) is 0.697. The molecular formula is C14H10ClNO4. The molecule has 102 valence electrons. The van der Waals surface area contributed by atoms with Crippen LogP contribution in [0, 0.1) is 17.0 Å². The highest BCUT2D eigenvalue weighted by atomic mass is 35.5. The van der Waals surface area contributed by atoms with E-state index in [9.17, 15) is 14.9 Å². The van der Waals surface area contributed by atoms with Crippen LogP contribution in [0.15, 0.2) is 36.4 Å². The molecule has 0 fully saturated rings. The van der Waals surface area contributed by atoms with Gasteiger partial charge in [-0.05, 0) is 25.1 Å². The van der Waals surface area contributed by atoms with E-state index in [1.165, 1.54) is 18.2 Å². The summed E-state index contributed by atoms with van der Waals surface area (Å²) in [6.07, 6.45) is 0.690. The first kappa shape index (κ1) is 14.0. The van der Waals surface area contributed by atoms with Gasteiger partial charge in [0.05, 0.1) is 10.5 Å². The summed E-state index contributed by atoms with van der Waals surface area (Å²) < 4.78 is 5.53. The van der Waals surface area contributed by atoms with Gasteiger partial charge in [-0.25, -0.2) is 0 Å². The highest BCUT2D eigenvalue weighted by Gasteiger charge is 2.13. The van der Waals surface area contributed by atoms with E-state index < -0.39 is 4.92 Å². The Bertz CT molecular complexity index is 685. The Morgan fingerprint density at radius 2 is 2.00 bits per heavy atom. The number of nitrogens with zero attached hydrogens (tertiary/aromatic N) is 1. The first-order valence-electron chi connectivity index (χ1n) is 5.69. The third-order valence-electron chi connectivity index (χ3n) is 2.64. The molecule has 2 aromatic rings. The molecule has 0 atom stereocenters. The number of rotatable bonds is 4. The molecule has 5 nitrogen and oxygen atoms in total. The van der Waals surface area contributed by atoms with Crippen LogP contribution in [0.2, 0.25) is 5.02 Å². The van der Waals surface area contributed by atoms with Gasteiger partial charge in [-0.2, -0.15) is 0 Å². The third kappa shape index (κ3) is 2.95. The van der Waals surface area contributed by atoms with Crippen molar-refractivity contribution >= 4 is 23.6 Å². The number of ether oxygens (including phenoxy) is 1. The number of hydrogen-bond donors (Lipinski definition) is 0. The van der Waals surface area contributed by atoms with Gasteiger partial charge < -0.3 is 4.74 Å². The summed E-state index contributed by atoms with van der Waals surface area (Å²) in [5.41, 5.74) is 1.14. The van der Waals surface area contributed by atoms with E-state index in [4.69, 9.17) is 16.3 Å². The number of nitro groups is 1. The zero-order valence-electron chi connectivity index (χ0n) is 10.5. The van der Waals surface area contributed by atoms with Crippen LogP contribution < -0.4 is 4.74 Å². The molecule has 0 aromatic heterocycles. The molecular weight excluding hydrogens is 282 g/mol. The lowest BCUT2D eigenvalue weighted by Gasteiger charge is -2.09. The molecule has 0 saturated heterocycles. The fourth-order valence-electron chi connectivity index (χ4n) is 1.68. The van der Waals surface area contributed by atoms with Crippen molar-refractivity contribution in [3.8, 4) is 11.5 Å². The monoisotopic (exact) mass is 291 g/mol. The predicted molar refractivity (Wildman–Crippen MR) is 74.7 cm³/mol. The molecule has 2 aromatic carbocycles. The normalized spacial score (nSPS) is 10.1. The Morgan fingerprint density at radius 3 is 2.60 bits per heavy atom. The summed E-state index contributed by atoms with van der Waals surface area (Å²) in [6, 6.07) is 9.18. The van der Waals surface area contributed by atoms with Gasteiger partial charge in [-0.3, -0.25) is 14.9 Å². The molecule has 0 unspecified atom stereocenters. The smallest absolute Gasteiger partial charge is 0.288 e. The van der Waals surface area contributed by atoms with Gasteiger partial charge in [0, 0.05) is 12.1 Å². The second kappa shape index (κ2) is 5.71. The molecule has 0 spiro atoms. The summed E-state index contributed by atoms with van der Waals surface area (Å²) in [4.78, 5) is 21.1. The van der Waals surface area contributed by atoms with E-state index in [-0.39, 0.29) is 10.7 Å². The van der Waals surface area contributed by atoms with Gasteiger partial charge in [0.25, 0.3) is 5.69 Å². The fraction of sp³-hybridized carbons (Fsp3) is 0.0714. The van der Waals surface area contributed by atoms with Crippen molar-refractivity contribution in [3.05, 3.63) is 62.7 Å². The average molecular weight is 292 g/mol. The number of carbonyl (C=O) groups excluding carboxylic acids is 1. The quantitative estimate of drug-likeness (QED) is 0.482. The second-order valence-corrected chi connectivity index (χ2v) is 4.54. The van der Waals surface area contributed by atoms with Crippen LogP contribution >= 0.6 is 11.6 Å². The first-order valence-corrected chi connectivity index (χ1v) is 6.06. The molecule has 0 bridgehead atoms. The zero-order valence-corrected chi connectivity index (χ0v) is 11.3. The molecule has 20 heavy (non-hydrogen) atoms. The summed E-state index contributed by atoms with van der Waals surface area (Å²) in [5, 5.41) is 10.6. The van der Waals surface area contributed by atoms with Crippen LogP contribution in [0.5, 0.6) is 11.5 Å². The lowest BCUT2D eigenvalue weighted by atomic mass is 10.1. The maximum atomic E-state index is 11.0. The molecule has 0 aliphatic rings. The molecule has 0 N–H and O–H groups in total. The minimum absolute atomic E-state index is 0.0211. The first-order chi connectivity index (χ1) is 9.51. The topological polar surface area (TPSA) is 69.4 Å². The van der Waals surface area contributed by atoms with E-state index >= 15 is 0 Å². The molecule has 0 heterocycles. The minimum atomic E-state index is -0.575. The van der Waals surface area contributed by atoms with Crippen molar-refractivity contribution in [2.24, 2.45) is 0 Å². The van der Waals surface area contributed by atoms with Crippen LogP contribution in [-0.4, -0.2) is 11.2 Å². The fourth-order valence-corrected chi connectivity index (χ4v) is 1.92. The molecule has 0 radical (unpaired) electrons.